The predicted octanol–water partition coefficient (Wildman–Crippen LogP) is 4.37. The van der Waals surface area contributed by atoms with Crippen molar-refractivity contribution in [2.24, 2.45) is 0 Å². The molecule has 0 atom stereocenters. The summed E-state index contributed by atoms with van der Waals surface area (Å²) in [6, 6.07) is 9.59. The third-order valence-electron chi connectivity index (χ3n) is 4.37. The van der Waals surface area contributed by atoms with Gasteiger partial charge in [-0.15, -0.1) is 0 Å². The summed E-state index contributed by atoms with van der Waals surface area (Å²) in [5, 5.41) is 0.698. The fourth-order valence-corrected chi connectivity index (χ4v) is 3.32. The first kappa shape index (κ1) is 17.9. The van der Waals surface area contributed by atoms with Gasteiger partial charge in [0.1, 0.15) is 11.6 Å². The van der Waals surface area contributed by atoms with E-state index >= 15 is 0 Å². The van der Waals surface area contributed by atoms with Crippen LogP contribution in [0.25, 0.3) is 11.0 Å². The van der Waals surface area contributed by atoms with E-state index < -0.39 is 0 Å². The van der Waals surface area contributed by atoms with Crippen LogP contribution in [0.3, 0.4) is 0 Å². The lowest BCUT2D eigenvalue weighted by molar-refractivity contribution is 0.173. The molecule has 27 heavy (non-hydrogen) atoms. The van der Waals surface area contributed by atoms with Crippen molar-refractivity contribution in [2.45, 2.75) is 26.4 Å². The predicted molar refractivity (Wildman–Crippen MR) is 105 cm³/mol. The normalized spacial score (nSPS) is 12.9. The molecule has 1 aliphatic heterocycles. The van der Waals surface area contributed by atoms with E-state index in [1.807, 2.05) is 37.4 Å². The summed E-state index contributed by atoms with van der Waals surface area (Å²) in [6.07, 6.45) is 0.950. The minimum absolute atomic E-state index is 0.253. The number of nitrogens with zero attached hydrogens (tertiary/aromatic N) is 2. The first-order valence-corrected chi connectivity index (χ1v) is 9.38. The number of hydrogen-bond donors (Lipinski definition) is 1. The summed E-state index contributed by atoms with van der Waals surface area (Å²) in [7, 11) is 2.05. The van der Waals surface area contributed by atoms with Gasteiger partial charge >= 0.3 is 0 Å². The highest BCUT2D eigenvalue weighted by Crippen LogP contribution is 2.38. The first-order chi connectivity index (χ1) is 13.1. The van der Waals surface area contributed by atoms with Crippen LogP contribution < -0.4 is 14.2 Å². The minimum atomic E-state index is 0.253. The summed E-state index contributed by atoms with van der Waals surface area (Å²) in [5.74, 6) is 3.23. The first-order valence-electron chi connectivity index (χ1n) is 9.00. The Morgan fingerprint density at radius 2 is 2.00 bits per heavy atom. The number of hydrogen-bond acceptors (Lipinski definition) is 5. The monoisotopic (exact) mass is 387 g/mol. The van der Waals surface area contributed by atoms with Crippen molar-refractivity contribution < 1.29 is 14.2 Å². The molecule has 142 valence electrons. The van der Waals surface area contributed by atoms with E-state index in [1.54, 1.807) is 0 Å². The number of ether oxygens (including phenoxy) is 3. The van der Waals surface area contributed by atoms with E-state index in [2.05, 4.69) is 21.8 Å². The number of imidazole rings is 1. The van der Waals surface area contributed by atoms with Gasteiger partial charge in [-0.1, -0.05) is 18.5 Å². The van der Waals surface area contributed by atoms with E-state index in [4.69, 9.17) is 25.8 Å². The van der Waals surface area contributed by atoms with E-state index in [9.17, 15) is 0 Å². The molecule has 0 amide bonds. The van der Waals surface area contributed by atoms with E-state index in [1.165, 1.54) is 0 Å². The molecule has 6 nitrogen and oxygen atoms in total. The fourth-order valence-electron chi connectivity index (χ4n) is 3.15. The Kier molecular flexibility index (Phi) is 5.09. The van der Waals surface area contributed by atoms with Crippen LogP contribution in [0.15, 0.2) is 30.3 Å². The highest BCUT2D eigenvalue weighted by molar-refractivity contribution is 6.31. The molecule has 0 aliphatic carbocycles. The Labute approximate surface area is 163 Å². The zero-order valence-electron chi connectivity index (χ0n) is 15.4. The molecule has 0 saturated heterocycles. The molecular weight excluding hydrogens is 366 g/mol. The number of H-pyrrole nitrogens is 1. The summed E-state index contributed by atoms with van der Waals surface area (Å²) in [6.45, 7) is 4.39. The highest BCUT2D eigenvalue weighted by atomic mass is 35.5. The molecule has 1 aromatic heterocycles. The quantitative estimate of drug-likeness (QED) is 0.652. The Morgan fingerprint density at radius 1 is 1.19 bits per heavy atom. The third-order valence-corrected chi connectivity index (χ3v) is 4.61. The van der Waals surface area contributed by atoms with Crippen LogP contribution in [0.2, 0.25) is 5.02 Å². The summed E-state index contributed by atoms with van der Waals surface area (Å²) >= 11 is 6.05. The van der Waals surface area contributed by atoms with Crippen LogP contribution >= 0.6 is 11.6 Å². The van der Waals surface area contributed by atoms with Gasteiger partial charge in [0.15, 0.2) is 11.5 Å². The molecule has 4 rings (SSSR count). The third kappa shape index (κ3) is 3.96. The Bertz CT molecular complexity index is 957. The van der Waals surface area contributed by atoms with E-state index in [0.717, 1.165) is 46.1 Å². The smallest absolute Gasteiger partial charge is 0.231 e. The highest BCUT2D eigenvalue weighted by Gasteiger charge is 2.19. The second-order valence-corrected chi connectivity index (χ2v) is 7.12. The van der Waals surface area contributed by atoms with Gasteiger partial charge in [-0.05, 0) is 37.7 Å². The molecule has 1 aliphatic rings. The average Bonchev–Trinajstić information content (AvgIpc) is 3.24. The lowest BCUT2D eigenvalue weighted by Gasteiger charge is -2.18. The Morgan fingerprint density at radius 3 is 2.81 bits per heavy atom. The van der Waals surface area contributed by atoms with Crippen LogP contribution in [0.1, 0.15) is 24.7 Å². The van der Waals surface area contributed by atoms with Crippen molar-refractivity contribution in [1.82, 2.24) is 14.9 Å². The summed E-state index contributed by atoms with van der Waals surface area (Å²) < 4.78 is 16.9. The van der Waals surface area contributed by atoms with Gasteiger partial charge < -0.3 is 19.2 Å². The zero-order valence-corrected chi connectivity index (χ0v) is 16.2. The molecule has 0 spiro atoms. The summed E-state index contributed by atoms with van der Waals surface area (Å²) in [5.41, 5.74) is 2.92. The molecule has 0 saturated carbocycles. The lowest BCUT2D eigenvalue weighted by Crippen LogP contribution is -2.18. The number of halogens is 1. The molecule has 3 aromatic rings. The van der Waals surface area contributed by atoms with Gasteiger partial charge in [-0.25, -0.2) is 4.98 Å². The van der Waals surface area contributed by atoms with Gasteiger partial charge in [0.05, 0.1) is 24.2 Å². The van der Waals surface area contributed by atoms with Crippen molar-refractivity contribution in [3.05, 3.63) is 46.7 Å². The molecule has 1 N–H and O–H groups in total. The lowest BCUT2D eigenvalue weighted by atomic mass is 10.1. The van der Waals surface area contributed by atoms with Gasteiger partial charge in [-0.3, -0.25) is 4.90 Å². The van der Waals surface area contributed by atoms with Gasteiger partial charge in [0, 0.05) is 23.2 Å². The summed E-state index contributed by atoms with van der Waals surface area (Å²) in [4.78, 5) is 10.1. The second-order valence-electron chi connectivity index (χ2n) is 6.68. The Balaban J connectivity index is 1.51. The van der Waals surface area contributed by atoms with Crippen molar-refractivity contribution >= 4 is 22.6 Å². The molecule has 0 radical (unpaired) electrons. The average molecular weight is 388 g/mol. The van der Waals surface area contributed by atoms with Crippen LogP contribution in [-0.4, -0.2) is 35.3 Å². The zero-order chi connectivity index (χ0) is 18.8. The molecular formula is C20H22ClN3O3. The number of fused-ring (bicyclic) bond motifs is 2. The van der Waals surface area contributed by atoms with Crippen LogP contribution in [0.4, 0.5) is 0 Å². The SMILES string of the molecule is CCCOc1cc2c(cc1CN(C)Cc1nc3ccc(Cl)cc3[nH]1)OCO2. The van der Waals surface area contributed by atoms with Crippen molar-refractivity contribution in [3.8, 4) is 17.2 Å². The second kappa shape index (κ2) is 7.66. The molecule has 7 heteroatoms. The number of aromatic amines is 1. The maximum atomic E-state index is 6.05. The topological polar surface area (TPSA) is 59.6 Å². The number of aromatic nitrogens is 2. The van der Waals surface area contributed by atoms with Gasteiger partial charge in [0.2, 0.25) is 6.79 Å². The number of nitrogens with one attached hydrogen (secondary N) is 1. The standard InChI is InChI=1S/C20H22ClN3O3/c1-3-6-25-17-9-19-18(26-12-27-19)7-13(17)10-24(2)11-20-22-15-5-4-14(21)8-16(15)23-20/h4-5,7-9H,3,6,10-12H2,1-2H3,(H,22,23). The number of benzene rings is 2. The number of rotatable bonds is 7. The van der Waals surface area contributed by atoms with E-state index in [-0.39, 0.29) is 6.79 Å². The van der Waals surface area contributed by atoms with Crippen LogP contribution in [0.5, 0.6) is 17.2 Å². The maximum Gasteiger partial charge on any atom is 0.231 e. The Hall–Kier alpha value is -2.44. The largest absolute Gasteiger partial charge is 0.493 e. The van der Waals surface area contributed by atoms with Crippen molar-refractivity contribution in [3.63, 3.8) is 0 Å². The van der Waals surface area contributed by atoms with E-state index in [0.29, 0.717) is 24.7 Å². The minimum Gasteiger partial charge on any atom is -0.493 e. The molecule has 0 unspecified atom stereocenters. The molecule has 2 heterocycles. The molecule has 2 aromatic carbocycles. The van der Waals surface area contributed by atoms with Crippen LogP contribution in [0, 0.1) is 0 Å². The van der Waals surface area contributed by atoms with Crippen LogP contribution in [-0.2, 0) is 13.1 Å². The maximum absolute atomic E-state index is 6.05. The molecule has 0 bridgehead atoms. The van der Waals surface area contributed by atoms with Gasteiger partial charge in [0.25, 0.3) is 0 Å². The van der Waals surface area contributed by atoms with Crippen molar-refractivity contribution in [2.75, 3.05) is 20.4 Å². The van der Waals surface area contributed by atoms with Crippen molar-refractivity contribution in [1.29, 1.82) is 0 Å². The fraction of sp³-hybridized carbons (Fsp3) is 0.350. The van der Waals surface area contributed by atoms with Gasteiger partial charge in [-0.2, -0.15) is 0 Å². The molecule has 0 fully saturated rings.